The number of halogens is 1. The van der Waals surface area contributed by atoms with Gasteiger partial charge in [0.1, 0.15) is 0 Å². The van der Waals surface area contributed by atoms with Gasteiger partial charge in [0.25, 0.3) is 0 Å². The summed E-state index contributed by atoms with van der Waals surface area (Å²) >= 11 is 5.94. The Labute approximate surface area is 126 Å². The van der Waals surface area contributed by atoms with E-state index in [-0.39, 0.29) is 24.0 Å². The van der Waals surface area contributed by atoms with Crippen molar-refractivity contribution in [1.29, 1.82) is 0 Å². The highest BCUT2D eigenvalue weighted by atomic mass is 35.5. The van der Waals surface area contributed by atoms with Crippen molar-refractivity contribution in [2.24, 2.45) is 5.92 Å². The van der Waals surface area contributed by atoms with Crippen LogP contribution in [0.4, 0.5) is 0 Å². The molecule has 3 nitrogen and oxygen atoms in total. The van der Waals surface area contributed by atoms with Crippen molar-refractivity contribution in [1.82, 2.24) is 10.6 Å². The van der Waals surface area contributed by atoms with Gasteiger partial charge in [-0.15, -0.1) is 0 Å². The molecule has 0 heterocycles. The lowest BCUT2D eigenvalue weighted by Gasteiger charge is -2.24. The van der Waals surface area contributed by atoms with Crippen LogP contribution in [0.2, 0.25) is 5.02 Å². The average molecular weight is 295 g/mol. The van der Waals surface area contributed by atoms with Gasteiger partial charge in [0, 0.05) is 17.1 Å². The predicted molar refractivity (Wildman–Crippen MR) is 82.8 cm³/mol. The summed E-state index contributed by atoms with van der Waals surface area (Å²) in [5, 5.41) is 7.15. The van der Waals surface area contributed by atoms with Crippen molar-refractivity contribution in [3.05, 3.63) is 34.9 Å². The lowest BCUT2D eigenvalue weighted by molar-refractivity contribution is -0.123. The van der Waals surface area contributed by atoms with Crippen molar-refractivity contribution >= 4 is 17.5 Å². The zero-order valence-corrected chi connectivity index (χ0v) is 13.1. The van der Waals surface area contributed by atoms with Gasteiger partial charge in [0.05, 0.1) is 6.04 Å². The van der Waals surface area contributed by atoms with Gasteiger partial charge in [0.15, 0.2) is 0 Å². The lowest BCUT2D eigenvalue weighted by atomic mass is 10.0. The standard InChI is InChI=1S/C16H23ClN2O/c1-10(2)18-16(20)11(3)19-15(12-4-5-12)13-6-8-14(17)9-7-13/h6-12,15,19H,4-5H2,1-3H3,(H,18,20). The van der Waals surface area contributed by atoms with Gasteiger partial charge in [-0.3, -0.25) is 10.1 Å². The molecular formula is C16H23ClN2O. The van der Waals surface area contributed by atoms with Crippen molar-refractivity contribution in [2.45, 2.75) is 51.7 Å². The molecule has 0 aliphatic heterocycles. The summed E-state index contributed by atoms with van der Waals surface area (Å²) in [4.78, 5) is 12.0. The van der Waals surface area contributed by atoms with Crippen LogP contribution >= 0.6 is 11.6 Å². The molecule has 1 aromatic rings. The molecule has 0 spiro atoms. The van der Waals surface area contributed by atoms with Crippen LogP contribution in [0.1, 0.15) is 45.2 Å². The molecule has 2 rings (SSSR count). The molecule has 1 amide bonds. The Kier molecular flexibility index (Phi) is 5.06. The lowest BCUT2D eigenvalue weighted by Crippen LogP contribution is -2.46. The highest BCUT2D eigenvalue weighted by Crippen LogP contribution is 2.41. The maximum Gasteiger partial charge on any atom is 0.237 e. The SMILES string of the molecule is CC(C)NC(=O)C(C)NC(c1ccc(Cl)cc1)C1CC1. The molecule has 0 aromatic heterocycles. The zero-order chi connectivity index (χ0) is 14.7. The molecular weight excluding hydrogens is 272 g/mol. The molecule has 0 radical (unpaired) electrons. The summed E-state index contributed by atoms with van der Waals surface area (Å²) < 4.78 is 0. The predicted octanol–water partition coefficient (Wildman–Crippen LogP) is 3.29. The molecule has 2 N–H and O–H groups in total. The van der Waals surface area contributed by atoms with Crippen LogP contribution in [0.3, 0.4) is 0 Å². The highest BCUT2D eigenvalue weighted by molar-refractivity contribution is 6.30. The second kappa shape index (κ2) is 6.59. The number of benzene rings is 1. The van der Waals surface area contributed by atoms with E-state index in [1.165, 1.54) is 18.4 Å². The quantitative estimate of drug-likeness (QED) is 0.845. The van der Waals surface area contributed by atoms with E-state index in [4.69, 9.17) is 11.6 Å². The molecule has 4 heteroatoms. The first-order valence-corrected chi connectivity index (χ1v) is 7.67. The van der Waals surface area contributed by atoms with Crippen LogP contribution in [-0.4, -0.2) is 18.0 Å². The molecule has 2 unspecified atom stereocenters. The molecule has 2 atom stereocenters. The minimum Gasteiger partial charge on any atom is -0.353 e. The first-order valence-electron chi connectivity index (χ1n) is 7.29. The minimum atomic E-state index is -0.196. The minimum absolute atomic E-state index is 0.0552. The molecule has 1 saturated carbocycles. The Morgan fingerprint density at radius 2 is 1.80 bits per heavy atom. The number of amides is 1. The van der Waals surface area contributed by atoms with E-state index in [0.29, 0.717) is 5.92 Å². The third kappa shape index (κ3) is 4.22. The maximum absolute atomic E-state index is 12.0. The van der Waals surface area contributed by atoms with E-state index >= 15 is 0 Å². The summed E-state index contributed by atoms with van der Waals surface area (Å²) in [5.41, 5.74) is 1.21. The van der Waals surface area contributed by atoms with E-state index in [1.54, 1.807) is 0 Å². The van der Waals surface area contributed by atoms with Crippen LogP contribution in [0.25, 0.3) is 0 Å². The largest absolute Gasteiger partial charge is 0.353 e. The maximum atomic E-state index is 12.0. The molecule has 0 saturated heterocycles. The summed E-state index contributed by atoms with van der Waals surface area (Å²) in [6, 6.07) is 8.12. The van der Waals surface area contributed by atoms with Crippen molar-refractivity contribution in [3.8, 4) is 0 Å². The van der Waals surface area contributed by atoms with Gasteiger partial charge < -0.3 is 5.32 Å². The van der Waals surface area contributed by atoms with Crippen LogP contribution in [0.15, 0.2) is 24.3 Å². The van der Waals surface area contributed by atoms with Crippen LogP contribution in [0.5, 0.6) is 0 Å². The fourth-order valence-corrected chi connectivity index (χ4v) is 2.48. The Morgan fingerprint density at radius 1 is 1.20 bits per heavy atom. The van der Waals surface area contributed by atoms with Gasteiger partial charge in [-0.25, -0.2) is 0 Å². The third-order valence-corrected chi connectivity index (χ3v) is 3.83. The van der Waals surface area contributed by atoms with E-state index < -0.39 is 0 Å². The molecule has 20 heavy (non-hydrogen) atoms. The number of carbonyl (C=O) groups is 1. The Hall–Kier alpha value is -1.06. The molecule has 1 fully saturated rings. The first kappa shape index (κ1) is 15.3. The first-order chi connectivity index (χ1) is 9.47. The second-order valence-electron chi connectivity index (χ2n) is 5.92. The number of carbonyl (C=O) groups excluding carboxylic acids is 1. The fraction of sp³-hybridized carbons (Fsp3) is 0.562. The van der Waals surface area contributed by atoms with Crippen molar-refractivity contribution in [3.63, 3.8) is 0 Å². The monoisotopic (exact) mass is 294 g/mol. The Bertz CT molecular complexity index is 454. The zero-order valence-electron chi connectivity index (χ0n) is 12.3. The molecule has 0 bridgehead atoms. The Balaban J connectivity index is 2.02. The van der Waals surface area contributed by atoms with Crippen molar-refractivity contribution < 1.29 is 4.79 Å². The number of hydrogen-bond acceptors (Lipinski definition) is 2. The molecule has 1 aliphatic rings. The summed E-state index contributed by atoms with van der Waals surface area (Å²) in [7, 11) is 0. The Morgan fingerprint density at radius 3 is 2.30 bits per heavy atom. The van der Waals surface area contributed by atoms with Gasteiger partial charge in [-0.2, -0.15) is 0 Å². The number of rotatable bonds is 6. The van der Waals surface area contributed by atoms with Gasteiger partial charge in [0.2, 0.25) is 5.91 Å². The summed E-state index contributed by atoms with van der Waals surface area (Å²) in [6.07, 6.45) is 2.44. The van der Waals surface area contributed by atoms with E-state index in [0.717, 1.165) is 5.02 Å². The molecule has 1 aliphatic carbocycles. The van der Waals surface area contributed by atoms with E-state index in [1.807, 2.05) is 45.0 Å². The van der Waals surface area contributed by atoms with Crippen LogP contribution in [0, 0.1) is 5.92 Å². The molecule has 1 aromatic carbocycles. The molecule has 110 valence electrons. The van der Waals surface area contributed by atoms with Crippen LogP contribution in [-0.2, 0) is 4.79 Å². The van der Waals surface area contributed by atoms with Crippen molar-refractivity contribution in [2.75, 3.05) is 0 Å². The summed E-state index contributed by atoms with van der Waals surface area (Å²) in [6.45, 7) is 5.87. The average Bonchev–Trinajstić information content (AvgIpc) is 3.20. The topological polar surface area (TPSA) is 41.1 Å². The van der Waals surface area contributed by atoms with Gasteiger partial charge in [-0.1, -0.05) is 23.7 Å². The number of hydrogen-bond donors (Lipinski definition) is 2. The highest BCUT2D eigenvalue weighted by Gasteiger charge is 2.34. The smallest absolute Gasteiger partial charge is 0.237 e. The fourth-order valence-electron chi connectivity index (χ4n) is 2.36. The van der Waals surface area contributed by atoms with Crippen LogP contribution < -0.4 is 10.6 Å². The normalized spacial score (nSPS) is 17.9. The van der Waals surface area contributed by atoms with Gasteiger partial charge >= 0.3 is 0 Å². The van der Waals surface area contributed by atoms with E-state index in [9.17, 15) is 4.79 Å². The summed E-state index contributed by atoms with van der Waals surface area (Å²) in [5.74, 6) is 0.685. The van der Waals surface area contributed by atoms with Gasteiger partial charge in [-0.05, 0) is 57.2 Å². The third-order valence-electron chi connectivity index (χ3n) is 3.58. The number of nitrogens with one attached hydrogen (secondary N) is 2. The van der Waals surface area contributed by atoms with E-state index in [2.05, 4.69) is 10.6 Å². The second-order valence-corrected chi connectivity index (χ2v) is 6.35.